The van der Waals surface area contributed by atoms with Gasteiger partial charge >= 0.3 is 5.97 Å². The van der Waals surface area contributed by atoms with Crippen molar-refractivity contribution in [1.29, 1.82) is 0 Å². The van der Waals surface area contributed by atoms with Gasteiger partial charge in [-0.1, -0.05) is 12.2 Å². The molecule has 4 heteroatoms. The molecule has 0 bridgehead atoms. The molecule has 0 saturated heterocycles. The van der Waals surface area contributed by atoms with Crippen LogP contribution in [0.1, 0.15) is 12.0 Å². The molecule has 13 heavy (non-hydrogen) atoms. The SMILES string of the molecule is O=C(O)CC=CCc1cncnc1. The average Bonchev–Trinajstić information content (AvgIpc) is 2.14. The Morgan fingerprint density at radius 3 is 2.69 bits per heavy atom. The normalized spacial score (nSPS) is 10.5. The van der Waals surface area contributed by atoms with E-state index in [0.717, 1.165) is 5.56 Å². The molecule has 1 aromatic rings. The van der Waals surface area contributed by atoms with Gasteiger partial charge in [0, 0.05) is 12.4 Å². The Morgan fingerprint density at radius 2 is 2.08 bits per heavy atom. The number of carboxylic acids is 1. The lowest BCUT2D eigenvalue weighted by molar-refractivity contribution is -0.136. The van der Waals surface area contributed by atoms with Gasteiger partial charge in [0.05, 0.1) is 6.42 Å². The summed E-state index contributed by atoms with van der Waals surface area (Å²) in [6, 6.07) is 0. The van der Waals surface area contributed by atoms with E-state index in [1.54, 1.807) is 24.5 Å². The first-order chi connectivity index (χ1) is 6.29. The lowest BCUT2D eigenvalue weighted by Gasteiger charge is -1.91. The van der Waals surface area contributed by atoms with Gasteiger partial charge in [0.25, 0.3) is 0 Å². The summed E-state index contributed by atoms with van der Waals surface area (Å²) in [4.78, 5) is 17.8. The van der Waals surface area contributed by atoms with E-state index < -0.39 is 5.97 Å². The summed E-state index contributed by atoms with van der Waals surface area (Å²) in [5, 5.41) is 8.33. The third kappa shape index (κ3) is 4.00. The van der Waals surface area contributed by atoms with Crippen molar-refractivity contribution < 1.29 is 9.90 Å². The number of aromatic nitrogens is 2. The van der Waals surface area contributed by atoms with Gasteiger partial charge in [0.2, 0.25) is 0 Å². The second kappa shape index (κ2) is 5.03. The molecule has 0 unspecified atom stereocenters. The Kier molecular flexibility index (Phi) is 3.63. The van der Waals surface area contributed by atoms with Gasteiger partial charge in [0.1, 0.15) is 6.33 Å². The highest BCUT2D eigenvalue weighted by molar-refractivity contribution is 5.68. The van der Waals surface area contributed by atoms with Gasteiger partial charge in [-0.15, -0.1) is 0 Å². The van der Waals surface area contributed by atoms with Gasteiger partial charge in [-0.25, -0.2) is 9.97 Å². The molecule has 0 aromatic carbocycles. The zero-order chi connectivity index (χ0) is 9.52. The van der Waals surface area contributed by atoms with E-state index in [9.17, 15) is 4.79 Å². The first-order valence-corrected chi connectivity index (χ1v) is 3.89. The van der Waals surface area contributed by atoms with Crippen molar-refractivity contribution in [3.63, 3.8) is 0 Å². The van der Waals surface area contributed by atoms with Crippen LogP contribution >= 0.6 is 0 Å². The fourth-order valence-electron chi connectivity index (χ4n) is 0.839. The minimum atomic E-state index is -0.819. The van der Waals surface area contributed by atoms with Crippen molar-refractivity contribution in [2.45, 2.75) is 12.8 Å². The quantitative estimate of drug-likeness (QED) is 0.700. The molecule has 0 radical (unpaired) electrons. The minimum absolute atomic E-state index is 0.0632. The Balaban J connectivity index is 2.35. The van der Waals surface area contributed by atoms with Gasteiger partial charge in [-0.3, -0.25) is 4.79 Å². The van der Waals surface area contributed by atoms with E-state index in [0.29, 0.717) is 6.42 Å². The molecule has 0 saturated carbocycles. The highest BCUT2D eigenvalue weighted by Crippen LogP contribution is 1.96. The number of nitrogens with zero attached hydrogens (tertiary/aromatic N) is 2. The molecule has 0 aliphatic heterocycles. The molecular weight excluding hydrogens is 168 g/mol. The Bertz CT molecular complexity index is 296. The summed E-state index contributed by atoms with van der Waals surface area (Å²) < 4.78 is 0. The Labute approximate surface area is 76.0 Å². The van der Waals surface area contributed by atoms with E-state index in [1.807, 2.05) is 0 Å². The topological polar surface area (TPSA) is 63.1 Å². The predicted octanol–water partition coefficient (Wildman–Crippen LogP) is 1.05. The van der Waals surface area contributed by atoms with Gasteiger partial charge in [-0.2, -0.15) is 0 Å². The third-order valence-electron chi connectivity index (χ3n) is 1.43. The maximum Gasteiger partial charge on any atom is 0.307 e. The molecule has 1 heterocycles. The number of aliphatic carboxylic acids is 1. The predicted molar refractivity (Wildman–Crippen MR) is 47.1 cm³/mol. The molecule has 0 aliphatic rings. The molecule has 0 atom stereocenters. The van der Waals surface area contributed by atoms with Crippen LogP contribution in [-0.4, -0.2) is 21.0 Å². The van der Waals surface area contributed by atoms with Crippen LogP contribution in [0.2, 0.25) is 0 Å². The Morgan fingerprint density at radius 1 is 1.38 bits per heavy atom. The van der Waals surface area contributed by atoms with E-state index in [-0.39, 0.29) is 6.42 Å². The van der Waals surface area contributed by atoms with E-state index in [2.05, 4.69) is 9.97 Å². The van der Waals surface area contributed by atoms with E-state index >= 15 is 0 Å². The van der Waals surface area contributed by atoms with Crippen LogP contribution in [-0.2, 0) is 11.2 Å². The van der Waals surface area contributed by atoms with Crippen molar-refractivity contribution in [2.24, 2.45) is 0 Å². The standard InChI is InChI=1S/C9H10N2O2/c12-9(13)4-2-1-3-8-5-10-7-11-6-8/h1-2,5-7H,3-4H2,(H,12,13). The third-order valence-corrected chi connectivity index (χ3v) is 1.43. The molecule has 0 fully saturated rings. The number of carbonyl (C=O) groups is 1. The molecule has 1 N–H and O–H groups in total. The van der Waals surface area contributed by atoms with E-state index in [1.165, 1.54) is 6.33 Å². The second-order valence-electron chi connectivity index (χ2n) is 2.52. The number of carboxylic acid groups (broad SMARTS) is 1. The largest absolute Gasteiger partial charge is 0.481 e. The highest BCUT2D eigenvalue weighted by Gasteiger charge is 1.90. The molecule has 0 spiro atoms. The van der Waals surface area contributed by atoms with Crippen LogP contribution < -0.4 is 0 Å². The molecule has 1 aromatic heterocycles. The fourth-order valence-corrected chi connectivity index (χ4v) is 0.839. The zero-order valence-electron chi connectivity index (χ0n) is 7.05. The van der Waals surface area contributed by atoms with E-state index in [4.69, 9.17) is 5.11 Å². The summed E-state index contributed by atoms with van der Waals surface area (Å²) in [7, 11) is 0. The first-order valence-electron chi connectivity index (χ1n) is 3.89. The van der Waals surface area contributed by atoms with Crippen molar-refractivity contribution in [3.8, 4) is 0 Å². The molecular formula is C9H10N2O2. The number of rotatable bonds is 4. The lowest BCUT2D eigenvalue weighted by Crippen LogP contribution is -1.90. The Hall–Kier alpha value is -1.71. The number of hydrogen-bond donors (Lipinski definition) is 1. The molecule has 68 valence electrons. The number of hydrogen-bond acceptors (Lipinski definition) is 3. The average molecular weight is 178 g/mol. The summed E-state index contributed by atoms with van der Waals surface area (Å²) in [5.41, 5.74) is 0.976. The summed E-state index contributed by atoms with van der Waals surface area (Å²) in [5.74, 6) is -0.819. The van der Waals surface area contributed by atoms with Crippen LogP contribution in [0.15, 0.2) is 30.9 Å². The minimum Gasteiger partial charge on any atom is -0.481 e. The van der Waals surface area contributed by atoms with Crippen molar-refractivity contribution in [2.75, 3.05) is 0 Å². The van der Waals surface area contributed by atoms with Crippen LogP contribution in [0.5, 0.6) is 0 Å². The second-order valence-corrected chi connectivity index (χ2v) is 2.52. The maximum absolute atomic E-state index is 10.1. The summed E-state index contributed by atoms with van der Waals surface area (Å²) in [6.45, 7) is 0. The summed E-state index contributed by atoms with van der Waals surface area (Å²) in [6.07, 6.45) is 9.03. The molecule has 4 nitrogen and oxygen atoms in total. The van der Waals surface area contributed by atoms with Crippen LogP contribution in [0.25, 0.3) is 0 Å². The van der Waals surface area contributed by atoms with Crippen LogP contribution in [0.3, 0.4) is 0 Å². The van der Waals surface area contributed by atoms with Crippen LogP contribution in [0.4, 0.5) is 0 Å². The monoisotopic (exact) mass is 178 g/mol. The van der Waals surface area contributed by atoms with Gasteiger partial charge < -0.3 is 5.11 Å². The lowest BCUT2D eigenvalue weighted by atomic mass is 10.2. The molecule has 1 rings (SSSR count). The van der Waals surface area contributed by atoms with Crippen molar-refractivity contribution in [3.05, 3.63) is 36.4 Å². The number of allylic oxidation sites excluding steroid dienone is 1. The summed E-state index contributed by atoms with van der Waals surface area (Å²) >= 11 is 0. The smallest absolute Gasteiger partial charge is 0.307 e. The first kappa shape index (κ1) is 9.38. The zero-order valence-corrected chi connectivity index (χ0v) is 7.05. The van der Waals surface area contributed by atoms with Crippen molar-refractivity contribution in [1.82, 2.24) is 9.97 Å². The van der Waals surface area contributed by atoms with Gasteiger partial charge in [-0.05, 0) is 12.0 Å². The molecule has 0 aliphatic carbocycles. The van der Waals surface area contributed by atoms with Gasteiger partial charge in [0.15, 0.2) is 0 Å². The molecule has 0 amide bonds. The van der Waals surface area contributed by atoms with Crippen LogP contribution in [0, 0.1) is 0 Å². The van der Waals surface area contributed by atoms with Crippen molar-refractivity contribution >= 4 is 5.97 Å². The fraction of sp³-hybridized carbons (Fsp3) is 0.222. The maximum atomic E-state index is 10.1. The highest BCUT2D eigenvalue weighted by atomic mass is 16.4.